The number of amides is 2. The highest BCUT2D eigenvalue weighted by Crippen LogP contribution is 2.28. The maximum absolute atomic E-state index is 12.1. The van der Waals surface area contributed by atoms with Crippen molar-refractivity contribution >= 4 is 11.8 Å². The summed E-state index contributed by atoms with van der Waals surface area (Å²) in [5.41, 5.74) is 5.27. The smallest absolute Gasteiger partial charge is 0.225 e. The molecule has 90 valence electrons. The number of hydrogen-bond donors (Lipinski definition) is 1. The lowest BCUT2D eigenvalue weighted by atomic mass is 9.95. The first-order valence-electron chi connectivity index (χ1n) is 6.26. The maximum Gasteiger partial charge on any atom is 0.225 e. The average molecular weight is 224 g/mol. The number of piperidine rings is 1. The fourth-order valence-electron chi connectivity index (χ4n) is 2.82. The van der Waals surface area contributed by atoms with Crippen LogP contribution in [0.2, 0.25) is 0 Å². The summed E-state index contributed by atoms with van der Waals surface area (Å²) >= 11 is 0. The first-order valence-corrected chi connectivity index (χ1v) is 6.26. The van der Waals surface area contributed by atoms with Crippen molar-refractivity contribution < 1.29 is 9.59 Å². The van der Waals surface area contributed by atoms with Crippen LogP contribution in [0.1, 0.15) is 38.5 Å². The Bertz CT molecular complexity index is 277. The number of rotatable bonds is 2. The molecule has 0 atom stereocenters. The quantitative estimate of drug-likeness (QED) is 0.757. The van der Waals surface area contributed by atoms with Crippen molar-refractivity contribution in [3.63, 3.8) is 0 Å². The Morgan fingerprint density at radius 3 is 2.00 bits per heavy atom. The highest BCUT2D eigenvalue weighted by Gasteiger charge is 2.31. The zero-order valence-electron chi connectivity index (χ0n) is 9.65. The van der Waals surface area contributed by atoms with Gasteiger partial charge in [-0.25, -0.2) is 0 Å². The molecule has 1 aliphatic heterocycles. The summed E-state index contributed by atoms with van der Waals surface area (Å²) in [6.45, 7) is 1.42. The van der Waals surface area contributed by atoms with Gasteiger partial charge in [-0.2, -0.15) is 0 Å². The van der Waals surface area contributed by atoms with E-state index in [4.69, 9.17) is 5.73 Å². The normalized spacial score (nSPS) is 23.6. The summed E-state index contributed by atoms with van der Waals surface area (Å²) in [6.07, 6.45) is 5.97. The summed E-state index contributed by atoms with van der Waals surface area (Å²) in [5, 5.41) is 0. The number of likely N-dealkylation sites (tertiary alicyclic amines) is 1. The lowest BCUT2D eigenvalue weighted by Crippen LogP contribution is -2.43. The Kier molecular flexibility index (Phi) is 3.46. The van der Waals surface area contributed by atoms with Crippen LogP contribution in [0.5, 0.6) is 0 Å². The van der Waals surface area contributed by atoms with E-state index in [1.54, 1.807) is 0 Å². The van der Waals surface area contributed by atoms with Gasteiger partial charge in [-0.3, -0.25) is 9.59 Å². The molecule has 1 heterocycles. The molecule has 2 fully saturated rings. The van der Waals surface area contributed by atoms with Crippen molar-refractivity contribution in [1.29, 1.82) is 0 Å². The van der Waals surface area contributed by atoms with Gasteiger partial charge in [0.15, 0.2) is 0 Å². The molecule has 1 aliphatic carbocycles. The molecule has 2 N–H and O–H groups in total. The third-order valence-corrected chi connectivity index (χ3v) is 3.91. The van der Waals surface area contributed by atoms with Crippen LogP contribution in [-0.4, -0.2) is 29.8 Å². The van der Waals surface area contributed by atoms with Crippen LogP contribution in [0.15, 0.2) is 0 Å². The van der Waals surface area contributed by atoms with Gasteiger partial charge in [-0.05, 0) is 25.7 Å². The molecule has 0 bridgehead atoms. The summed E-state index contributed by atoms with van der Waals surface area (Å²) in [5.74, 6) is 0.325. The van der Waals surface area contributed by atoms with Gasteiger partial charge in [0.25, 0.3) is 0 Å². The monoisotopic (exact) mass is 224 g/mol. The van der Waals surface area contributed by atoms with Gasteiger partial charge >= 0.3 is 0 Å². The minimum Gasteiger partial charge on any atom is -0.369 e. The Morgan fingerprint density at radius 1 is 0.938 bits per heavy atom. The highest BCUT2D eigenvalue weighted by molar-refractivity contribution is 5.80. The number of nitrogens with zero attached hydrogens (tertiary/aromatic N) is 1. The molecule has 4 heteroatoms. The minimum absolute atomic E-state index is 0.0207. The fraction of sp³-hybridized carbons (Fsp3) is 0.833. The molecule has 16 heavy (non-hydrogen) atoms. The molecule has 1 saturated heterocycles. The van der Waals surface area contributed by atoms with E-state index in [0.717, 1.165) is 25.7 Å². The van der Waals surface area contributed by atoms with Crippen molar-refractivity contribution in [2.75, 3.05) is 13.1 Å². The van der Waals surface area contributed by atoms with Crippen molar-refractivity contribution in [3.05, 3.63) is 0 Å². The Labute approximate surface area is 96.2 Å². The second-order valence-electron chi connectivity index (χ2n) is 4.98. The van der Waals surface area contributed by atoms with E-state index in [2.05, 4.69) is 0 Å². The molecule has 0 unspecified atom stereocenters. The van der Waals surface area contributed by atoms with Gasteiger partial charge in [0.05, 0.1) is 0 Å². The number of carbonyl (C=O) groups excluding carboxylic acids is 2. The highest BCUT2D eigenvalue weighted by atomic mass is 16.2. The largest absolute Gasteiger partial charge is 0.369 e. The first-order chi connectivity index (χ1) is 7.68. The van der Waals surface area contributed by atoms with Crippen LogP contribution in [0.4, 0.5) is 0 Å². The van der Waals surface area contributed by atoms with Crippen LogP contribution < -0.4 is 5.73 Å². The van der Waals surface area contributed by atoms with Crippen molar-refractivity contribution in [3.8, 4) is 0 Å². The molecule has 0 aromatic heterocycles. The molecule has 2 aliphatic rings. The molecular weight excluding hydrogens is 204 g/mol. The molecular formula is C12H20N2O2. The lowest BCUT2D eigenvalue weighted by Gasteiger charge is -2.32. The number of primary amides is 1. The maximum atomic E-state index is 12.1. The minimum atomic E-state index is -0.215. The Hall–Kier alpha value is -1.06. The van der Waals surface area contributed by atoms with E-state index in [0.29, 0.717) is 19.0 Å². The third kappa shape index (κ3) is 2.36. The third-order valence-electron chi connectivity index (χ3n) is 3.91. The average Bonchev–Trinajstić information content (AvgIpc) is 2.81. The number of nitrogens with two attached hydrogens (primary N) is 1. The van der Waals surface area contributed by atoms with Gasteiger partial charge in [0, 0.05) is 24.9 Å². The predicted octanol–water partition coefficient (Wildman–Crippen LogP) is 0.900. The summed E-state index contributed by atoms with van der Waals surface area (Å²) < 4.78 is 0. The lowest BCUT2D eigenvalue weighted by molar-refractivity contribution is -0.138. The summed E-state index contributed by atoms with van der Waals surface area (Å²) in [7, 11) is 0. The molecule has 2 amide bonds. The second kappa shape index (κ2) is 4.85. The van der Waals surface area contributed by atoms with E-state index in [-0.39, 0.29) is 17.7 Å². The van der Waals surface area contributed by atoms with Crippen LogP contribution in [0, 0.1) is 11.8 Å². The fourth-order valence-corrected chi connectivity index (χ4v) is 2.82. The van der Waals surface area contributed by atoms with Crippen LogP contribution >= 0.6 is 0 Å². The van der Waals surface area contributed by atoms with Crippen LogP contribution in [0.3, 0.4) is 0 Å². The molecule has 0 aromatic rings. The van der Waals surface area contributed by atoms with E-state index >= 15 is 0 Å². The van der Waals surface area contributed by atoms with Gasteiger partial charge in [0.2, 0.25) is 11.8 Å². The van der Waals surface area contributed by atoms with Crippen LogP contribution in [0.25, 0.3) is 0 Å². The van der Waals surface area contributed by atoms with Crippen LogP contribution in [-0.2, 0) is 9.59 Å². The number of hydrogen-bond acceptors (Lipinski definition) is 2. The molecule has 0 spiro atoms. The number of carbonyl (C=O) groups is 2. The standard InChI is InChI=1S/C12H20N2O2/c13-11(15)9-5-7-14(8-6-9)12(16)10-3-1-2-4-10/h9-10H,1-8H2,(H2,13,15). The van der Waals surface area contributed by atoms with E-state index in [1.165, 1.54) is 12.8 Å². The Morgan fingerprint density at radius 2 is 1.50 bits per heavy atom. The second-order valence-corrected chi connectivity index (χ2v) is 4.98. The zero-order chi connectivity index (χ0) is 11.5. The molecule has 0 radical (unpaired) electrons. The molecule has 2 rings (SSSR count). The molecule has 0 aromatic carbocycles. The summed E-state index contributed by atoms with van der Waals surface area (Å²) in [6, 6.07) is 0. The van der Waals surface area contributed by atoms with Gasteiger partial charge in [-0.15, -0.1) is 0 Å². The Balaban J connectivity index is 1.84. The van der Waals surface area contributed by atoms with Crippen molar-refractivity contribution in [1.82, 2.24) is 4.90 Å². The van der Waals surface area contributed by atoms with E-state index < -0.39 is 0 Å². The topological polar surface area (TPSA) is 63.4 Å². The predicted molar refractivity (Wildman–Crippen MR) is 60.5 cm³/mol. The van der Waals surface area contributed by atoms with Crippen molar-refractivity contribution in [2.45, 2.75) is 38.5 Å². The van der Waals surface area contributed by atoms with Gasteiger partial charge < -0.3 is 10.6 Å². The molecule has 1 saturated carbocycles. The SMILES string of the molecule is NC(=O)C1CCN(C(=O)C2CCCC2)CC1. The van der Waals surface area contributed by atoms with Gasteiger partial charge in [-0.1, -0.05) is 12.8 Å². The first kappa shape index (κ1) is 11.4. The van der Waals surface area contributed by atoms with Crippen molar-refractivity contribution in [2.24, 2.45) is 17.6 Å². The molecule has 4 nitrogen and oxygen atoms in total. The van der Waals surface area contributed by atoms with E-state index in [1.807, 2.05) is 4.90 Å². The van der Waals surface area contributed by atoms with E-state index in [9.17, 15) is 9.59 Å². The zero-order valence-corrected chi connectivity index (χ0v) is 9.65. The summed E-state index contributed by atoms with van der Waals surface area (Å²) in [4.78, 5) is 25.0. The van der Waals surface area contributed by atoms with Gasteiger partial charge in [0.1, 0.15) is 0 Å².